The van der Waals surface area contributed by atoms with E-state index in [0.29, 0.717) is 0 Å². The smallest absolute Gasteiger partial charge is 0.0955 e. The molecule has 0 bridgehead atoms. The van der Waals surface area contributed by atoms with Crippen molar-refractivity contribution in [3.05, 3.63) is 30.1 Å². The molecule has 1 aromatic carbocycles. The molecule has 1 saturated heterocycles. The predicted molar refractivity (Wildman–Crippen MR) is 62.3 cm³/mol. The number of fused-ring (bicyclic) bond motifs is 1. The number of aromatic nitrogens is 2. The fraction of sp³-hybridized carbons (Fsp3) is 0.417. The Bertz CT molecular complexity index is 500. The number of benzene rings is 1. The molecule has 2 heterocycles. The Morgan fingerprint density at radius 3 is 3.25 bits per heavy atom. The Morgan fingerprint density at radius 1 is 1.50 bits per heavy atom. The van der Waals surface area contributed by atoms with E-state index in [1.165, 1.54) is 5.56 Å². The van der Waals surface area contributed by atoms with Gasteiger partial charge in [0, 0.05) is 20.1 Å². The summed E-state index contributed by atoms with van der Waals surface area (Å²) >= 11 is 0. The molecule has 1 atom stereocenters. The first kappa shape index (κ1) is 9.81. The van der Waals surface area contributed by atoms with Crippen LogP contribution >= 0.6 is 0 Å². The molecule has 1 aromatic heterocycles. The first-order valence-corrected chi connectivity index (χ1v) is 5.58. The number of aryl methyl sites for hydroxylation is 1. The zero-order valence-corrected chi connectivity index (χ0v) is 9.31. The highest BCUT2D eigenvalue weighted by Crippen LogP contribution is 2.22. The van der Waals surface area contributed by atoms with Gasteiger partial charge in [0.25, 0.3) is 0 Å². The lowest BCUT2D eigenvalue weighted by molar-refractivity contribution is 0.0278. The van der Waals surface area contributed by atoms with Gasteiger partial charge >= 0.3 is 0 Å². The Hall–Kier alpha value is -1.39. The molecule has 16 heavy (non-hydrogen) atoms. The van der Waals surface area contributed by atoms with Crippen molar-refractivity contribution in [3.8, 4) is 0 Å². The molecule has 1 aliphatic rings. The second-order valence-corrected chi connectivity index (χ2v) is 4.17. The zero-order chi connectivity index (χ0) is 11.0. The molecule has 0 amide bonds. The van der Waals surface area contributed by atoms with Crippen LogP contribution in [0.4, 0.5) is 0 Å². The molecule has 4 heteroatoms. The van der Waals surface area contributed by atoms with E-state index < -0.39 is 0 Å². The van der Waals surface area contributed by atoms with Gasteiger partial charge in [-0.1, -0.05) is 6.07 Å². The van der Waals surface area contributed by atoms with E-state index in [2.05, 4.69) is 28.5 Å². The number of hydrogen-bond acceptors (Lipinski definition) is 3. The van der Waals surface area contributed by atoms with Crippen LogP contribution in [0, 0.1) is 0 Å². The monoisotopic (exact) mass is 217 g/mol. The Balaban J connectivity index is 1.99. The largest absolute Gasteiger partial charge is 0.371 e. The van der Waals surface area contributed by atoms with Gasteiger partial charge in [0.2, 0.25) is 0 Å². The predicted octanol–water partition coefficient (Wildman–Crippen LogP) is 1.23. The van der Waals surface area contributed by atoms with Gasteiger partial charge in [-0.25, -0.2) is 4.98 Å². The second kappa shape index (κ2) is 3.88. The molecule has 1 N–H and O–H groups in total. The number of imidazole rings is 1. The molecule has 0 radical (unpaired) electrons. The van der Waals surface area contributed by atoms with Crippen LogP contribution in [0.3, 0.4) is 0 Å². The average molecular weight is 217 g/mol. The van der Waals surface area contributed by atoms with Gasteiger partial charge in [0.05, 0.1) is 30.1 Å². The van der Waals surface area contributed by atoms with Gasteiger partial charge in [-0.2, -0.15) is 0 Å². The Morgan fingerprint density at radius 2 is 2.44 bits per heavy atom. The van der Waals surface area contributed by atoms with Gasteiger partial charge in [0.15, 0.2) is 0 Å². The summed E-state index contributed by atoms with van der Waals surface area (Å²) in [6.07, 6.45) is 2.02. The first-order valence-electron chi connectivity index (χ1n) is 5.58. The minimum absolute atomic E-state index is 0.174. The van der Waals surface area contributed by atoms with Crippen molar-refractivity contribution in [3.63, 3.8) is 0 Å². The first-order chi connectivity index (χ1) is 7.84. The highest BCUT2D eigenvalue weighted by Gasteiger charge is 2.16. The van der Waals surface area contributed by atoms with Gasteiger partial charge in [0.1, 0.15) is 0 Å². The standard InChI is InChI=1S/C12H15N3O/c1-15-8-14-10-3-2-9(6-11(10)15)12-7-13-4-5-16-12/h2-3,6,8,12-13H,4-5,7H2,1H3. The summed E-state index contributed by atoms with van der Waals surface area (Å²) in [5.41, 5.74) is 3.42. The van der Waals surface area contributed by atoms with Crippen molar-refractivity contribution >= 4 is 11.0 Å². The summed E-state index contributed by atoms with van der Waals surface area (Å²) in [6, 6.07) is 6.33. The molecular weight excluding hydrogens is 202 g/mol. The van der Waals surface area contributed by atoms with E-state index >= 15 is 0 Å². The van der Waals surface area contributed by atoms with Gasteiger partial charge in [-0.05, 0) is 17.7 Å². The lowest BCUT2D eigenvalue weighted by Gasteiger charge is -2.23. The van der Waals surface area contributed by atoms with Crippen LogP contribution in [0.5, 0.6) is 0 Å². The maximum Gasteiger partial charge on any atom is 0.0955 e. The van der Waals surface area contributed by atoms with Gasteiger partial charge < -0.3 is 14.6 Å². The van der Waals surface area contributed by atoms with Crippen LogP contribution in [-0.2, 0) is 11.8 Å². The summed E-state index contributed by atoms with van der Waals surface area (Å²) in [5.74, 6) is 0. The number of rotatable bonds is 1. The highest BCUT2D eigenvalue weighted by molar-refractivity contribution is 5.76. The molecular formula is C12H15N3O. The number of nitrogens with zero attached hydrogens (tertiary/aromatic N) is 2. The van der Waals surface area contributed by atoms with Crippen LogP contribution in [0.1, 0.15) is 11.7 Å². The van der Waals surface area contributed by atoms with Gasteiger partial charge in [-0.15, -0.1) is 0 Å². The summed E-state index contributed by atoms with van der Waals surface area (Å²) < 4.78 is 7.77. The quantitative estimate of drug-likeness (QED) is 0.781. The third-order valence-electron chi connectivity index (χ3n) is 3.05. The Labute approximate surface area is 94.2 Å². The fourth-order valence-corrected chi connectivity index (χ4v) is 2.12. The summed E-state index contributed by atoms with van der Waals surface area (Å²) in [5, 5.41) is 3.34. The SMILES string of the molecule is Cn1cnc2ccc(C3CNCCO3)cc21. The molecule has 0 saturated carbocycles. The molecule has 1 aliphatic heterocycles. The summed E-state index contributed by atoms with van der Waals surface area (Å²) in [6.45, 7) is 2.63. The van der Waals surface area contributed by atoms with Crippen molar-refractivity contribution in [2.75, 3.05) is 19.7 Å². The number of ether oxygens (including phenoxy) is 1. The maximum atomic E-state index is 5.74. The minimum atomic E-state index is 0.174. The van der Waals surface area contributed by atoms with Gasteiger partial charge in [-0.3, -0.25) is 0 Å². The van der Waals surface area contributed by atoms with Crippen LogP contribution in [0.2, 0.25) is 0 Å². The number of nitrogens with one attached hydrogen (secondary N) is 1. The molecule has 84 valence electrons. The average Bonchev–Trinajstić information content (AvgIpc) is 2.72. The second-order valence-electron chi connectivity index (χ2n) is 4.17. The third kappa shape index (κ3) is 1.60. The molecule has 2 aromatic rings. The topological polar surface area (TPSA) is 39.1 Å². The normalized spacial score (nSPS) is 21.4. The molecule has 0 spiro atoms. The van der Waals surface area contributed by atoms with Crippen molar-refractivity contribution in [2.24, 2.45) is 7.05 Å². The van der Waals surface area contributed by atoms with E-state index in [9.17, 15) is 0 Å². The number of hydrogen-bond donors (Lipinski definition) is 1. The molecule has 3 rings (SSSR count). The lowest BCUT2D eigenvalue weighted by Crippen LogP contribution is -2.33. The van der Waals surface area contributed by atoms with E-state index in [1.54, 1.807) is 0 Å². The van der Waals surface area contributed by atoms with E-state index in [1.807, 2.05) is 17.9 Å². The molecule has 4 nitrogen and oxygen atoms in total. The van der Waals surface area contributed by atoms with Crippen LogP contribution in [0.25, 0.3) is 11.0 Å². The zero-order valence-electron chi connectivity index (χ0n) is 9.31. The minimum Gasteiger partial charge on any atom is -0.371 e. The van der Waals surface area contributed by atoms with Crippen LogP contribution < -0.4 is 5.32 Å². The molecule has 1 unspecified atom stereocenters. The van der Waals surface area contributed by atoms with Crippen molar-refractivity contribution in [1.29, 1.82) is 0 Å². The van der Waals surface area contributed by atoms with Crippen LogP contribution in [0.15, 0.2) is 24.5 Å². The van der Waals surface area contributed by atoms with Crippen LogP contribution in [-0.4, -0.2) is 29.2 Å². The molecule has 1 fully saturated rings. The maximum absolute atomic E-state index is 5.74. The van der Waals surface area contributed by atoms with E-state index in [4.69, 9.17) is 4.74 Å². The third-order valence-corrected chi connectivity index (χ3v) is 3.05. The summed E-state index contributed by atoms with van der Waals surface area (Å²) in [7, 11) is 2.01. The van der Waals surface area contributed by atoms with Crippen molar-refractivity contribution in [2.45, 2.75) is 6.10 Å². The fourth-order valence-electron chi connectivity index (χ4n) is 2.12. The number of morpholine rings is 1. The van der Waals surface area contributed by atoms with E-state index in [-0.39, 0.29) is 6.10 Å². The van der Waals surface area contributed by atoms with E-state index in [0.717, 1.165) is 30.7 Å². The van der Waals surface area contributed by atoms with Crippen molar-refractivity contribution < 1.29 is 4.74 Å². The lowest BCUT2D eigenvalue weighted by atomic mass is 10.1. The van der Waals surface area contributed by atoms with Crippen molar-refractivity contribution in [1.82, 2.24) is 14.9 Å². The Kier molecular flexibility index (Phi) is 2.38. The molecule has 0 aliphatic carbocycles. The summed E-state index contributed by atoms with van der Waals surface area (Å²) in [4.78, 5) is 4.31. The highest BCUT2D eigenvalue weighted by atomic mass is 16.5.